The quantitative estimate of drug-likeness (QED) is 0.790. The van der Waals surface area contributed by atoms with E-state index in [4.69, 9.17) is 10.7 Å². The Hall–Kier alpha value is -1.72. The van der Waals surface area contributed by atoms with Gasteiger partial charge in [0.15, 0.2) is 0 Å². The second-order valence-corrected chi connectivity index (χ2v) is 6.33. The fourth-order valence-corrected chi connectivity index (χ4v) is 3.06. The lowest BCUT2D eigenvalue weighted by molar-refractivity contribution is 0.774. The highest BCUT2D eigenvalue weighted by Crippen LogP contribution is 2.41. The fraction of sp³-hybridized carbons (Fsp3) is 0.250. The predicted octanol–water partition coefficient (Wildman–Crippen LogP) is 3.65. The summed E-state index contributed by atoms with van der Waals surface area (Å²) in [7, 11) is 0. The van der Waals surface area contributed by atoms with Gasteiger partial charge in [0.05, 0.1) is 16.7 Å². The lowest BCUT2D eigenvalue weighted by atomic mass is 10.2. The van der Waals surface area contributed by atoms with E-state index in [1.165, 1.54) is 18.4 Å². The first-order valence-electron chi connectivity index (χ1n) is 7.09. The van der Waals surface area contributed by atoms with Crippen LogP contribution in [0.2, 0.25) is 0 Å². The van der Waals surface area contributed by atoms with Gasteiger partial charge in [-0.2, -0.15) is 0 Å². The molecule has 1 saturated carbocycles. The Morgan fingerprint density at radius 3 is 2.86 bits per heavy atom. The van der Waals surface area contributed by atoms with Crippen LogP contribution in [-0.4, -0.2) is 14.5 Å². The molecule has 1 aliphatic carbocycles. The Kier molecular flexibility index (Phi) is 3.05. The van der Waals surface area contributed by atoms with Crippen LogP contribution in [0.1, 0.15) is 24.6 Å². The molecule has 0 atom stereocenters. The lowest BCUT2D eigenvalue weighted by Crippen LogP contribution is -2.01. The maximum absolute atomic E-state index is 5.71. The minimum Gasteiger partial charge on any atom is -0.325 e. The highest BCUT2D eigenvalue weighted by atomic mass is 79.9. The summed E-state index contributed by atoms with van der Waals surface area (Å²) in [6.45, 7) is 0.447. The van der Waals surface area contributed by atoms with Gasteiger partial charge in [0.25, 0.3) is 0 Å². The number of fused-ring (bicyclic) bond motifs is 1. The highest BCUT2D eigenvalue weighted by Gasteiger charge is 2.28. The number of aromatic nitrogens is 3. The van der Waals surface area contributed by atoms with Crippen molar-refractivity contribution in [3.05, 3.63) is 46.7 Å². The summed E-state index contributed by atoms with van der Waals surface area (Å²) in [6.07, 6.45) is 4.26. The van der Waals surface area contributed by atoms with E-state index in [-0.39, 0.29) is 0 Å². The van der Waals surface area contributed by atoms with Crippen LogP contribution in [0.25, 0.3) is 22.4 Å². The zero-order valence-electron chi connectivity index (χ0n) is 11.5. The van der Waals surface area contributed by atoms with Gasteiger partial charge < -0.3 is 10.3 Å². The molecular formula is C16H15BrN4. The fourth-order valence-electron chi connectivity index (χ4n) is 2.71. The molecule has 5 heteroatoms. The Bertz CT molecular complexity index is 820. The molecule has 1 fully saturated rings. The zero-order chi connectivity index (χ0) is 14.4. The summed E-state index contributed by atoms with van der Waals surface area (Å²) in [6, 6.07) is 10.9. The molecule has 4 nitrogen and oxygen atoms in total. The van der Waals surface area contributed by atoms with E-state index in [2.05, 4.69) is 43.7 Å². The molecule has 0 aliphatic heterocycles. The van der Waals surface area contributed by atoms with E-state index in [9.17, 15) is 0 Å². The summed E-state index contributed by atoms with van der Waals surface area (Å²) >= 11 is 3.52. The molecule has 21 heavy (non-hydrogen) atoms. The molecule has 1 aliphatic rings. The number of benzene rings is 1. The molecule has 0 saturated heterocycles. The van der Waals surface area contributed by atoms with Gasteiger partial charge in [0.1, 0.15) is 5.82 Å². The van der Waals surface area contributed by atoms with Gasteiger partial charge in [-0.05, 0) is 43.2 Å². The van der Waals surface area contributed by atoms with Crippen molar-refractivity contribution in [2.24, 2.45) is 5.73 Å². The number of hydrogen-bond donors (Lipinski definition) is 1. The van der Waals surface area contributed by atoms with Gasteiger partial charge in [-0.3, -0.25) is 4.98 Å². The Morgan fingerprint density at radius 1 is 1.24 bits per heavy atom. The average molecular weight is 343 g/mol. The third-order valence-electron chi connectivity index (χ3n) is 3.85. The molecule has 2 N–H and O–H groups in total. The van der Waals surface area contributed by atoms with Gasteiger partial charge >= 0.3 is 0 Å². The first kappa shape index (κ1) is 13.0. The maximum Gasteiger partial charge on any atom is 0.141 e. The van der Waals surface area contributed by atoms with E-state index in [0.717, 1.165) is 27.1 Å². The first-order chi connectivity index (χ1) is 10.3. The topological polar surface area (TPSA) is 56.7 Å². The number of hydrogen-bond acceptors (Lipinski definition) is 3. The smallest absolute Gasteiger partial charge is 0.141 e. The predicted molar refractivity (Wildman–Crippen MR) is 86.8 cm³/mol. The number of nitrogens with zero attached hydrogens (tertiary/aromatic N) is 3. The molecule has 0 radical (unpaired) electrons. The molecule has 0 amide bonds. The van der Waals surface area contributed by atoms with Gasteiger partial charge in [-0.25, -0.2) is 4.98 Å². The second kappa shape index (κ2) is 4.93. The third-order valence-corrected chi connectivity index (χ3v) is 4.34. The van der Waals surface area contributed by atoms with Crippen LogP contribution >= 0.6 is 15.9 Å². The monoisotopic (exact) mass is 342 g/mol. The number of nitrogens with two attached hydrogens (primary N) is 1. The molecular weight excluding hydrogens is 328 g/mol. The van der Waals surface area contributed by atoms with Crippen molar-refractivity contribution in [2.45, 2.75) is 25.4 Å². The van der Waals surface area contributed by atoms with Crippen LogP contribution in [0.15, 0.2) is 41.0 Å². The van der Waals surface area contributed by atoms with Crippen LogP contribution in [0.4, 0.5) is 0 Å². The van der Waals surface area contributed by atoms with Crippen molar-refractivity contribution < 1.29 is 0 Å². The van der Waals surface area contributed by atoms with Crippen molar-refractivity contribution in [2.75, 3.05) is 0 Å². The van der Waals surface area contributed by atoms with Crippen molar-refractivity contribution >= 4 is 27.0 Å². The standard InChI is InChI=1S/C16H15BrN4/c17-11-1-4-15-14(8-11)20-16(21(15)13-2-3-13)10-5-6-19-12(7-10)9-18/h1,4-8,13H,2-3,9,18H2. The van der Waals surface area contributed by atoms with E-state index >= 15 is 0 Å². The van der Waals surface area contributed by atoms with Crippen LogP contribution in [-0.2, 0) is 6.54 Å². The summed E-state index contributed by atoms with van der Waals surface area (Å²) < 4.78 is 3.41. The molecule has 2 aromatic heterocycles. The Labute approximate surface area is 131 Å². The normalized spacial score (nSPS) is 14.8. The van der Waals surface area contributed by atoms with E-state index in [0.29, 0.717) is 12.6 Å². The zero-order valence-corrected chi connectivity index (χ0v) is 13.0. The molecule has 4 rings (SSSR count). The van der Waals surface area contributed by atoms with E-state index in [1.807, 2.05) is 18.3 Å². The SMILES string of the molecule is NCc1cc(-c2nc3cc(Br)ccc3n2C2CC2)ccn1. The number of imidazole rings is 1. The summed E-state index contributed by atoms with van der Waals surface area (Å²) in [4.78, 5) is 9.12. The summed E-state index contributed by atoms with van der Waals surface area (Å²) in [5.41, 5.74) is 9.91. The molecule has 3 aromatic rings. The highest BCUT2D eigenvalue weighted by molar-refractivity contribution is 9.10. The minimum absolute atomic E-state index is 0.447. The third kappa shape index (κ3) is 2.26. The first-order valence-corrected chi connectivity index (χ1v) is 7.88. The van der Waals surface area contributed by atoms with Gasteiger partial charge in [0, 0.05) is 28.8 Å². The molecule has 0 unspecified atom stereocenters. The second-order valence-electron chi connectivity index (χ2n) is 5.41. The molecule has 2 heterocycles. The Balaban J connectivity index is 1.96. The largest absolute Gasteiger partial charge is 0.325 e. The van der Waals surface area contributed by atoms with Crippen LogP contribution in [0.5, 0.6) is 0 Å². The van der Waals surface area contributed by atoms with Crippen molar-refractivity contribution in [1.82, 2.24) is 14.5 Å². The molecule has 1 aromatic carbocycles. The van der Waals surface area contributed by atoms with Gasteiger partial charge in [0.2, 0.25) is 0 Å². The van der Waals surface area contributed by atoms with Gasteiger partial charge in [-0.1, -0.05) is 15.9 Å². The van der Waals surface area contributed by atoms with E-state index < -0.39 is 0 Å². The summed E-state index contributed by atoms with van der Waals surface area (Å²) in [5, 5.41) is 0. The minimum atomic E-state index is 0.447. The van der Waals surface area contributed by atoms with Crippen molar-refractivity contribution in [3.8, 4) is 11.4 Å². The molecule has 106 valence electrons. The maximum atomic E-state index is 5.71. The van der Waals surface area contributed by atoms with Gasteiger partial charge in [-0.15, -0.1) is 0 Å². The average Bonchev–Trinajstić information content (AvgIpc) is 3.27. The lowest BCUT2D eigenvalue weighted by Gasteiger charge is -2.08. The van der Waals surface area contributed by atoms with Crippen LogP contribution < -0.4 is 5.73 Å². The summed E-state index contributed by atoms with van der Waals surface area (Å²) in [5.74, 6) is 1.02. The van der Waals surface area contributed by atoms with E-state index in [1.54, 1.807) is 0 Å². The van der Waals surface area contributed by atoms with Crippen LogP contribution in [0, 0.1) is 0 Å². The number of rotatable bonds is 3. The van der Waals surface area contributed by atoms with Crippen LogP contribution in [0.3, 0.4) is 0 Å². The molecule has 0 bridgehead atoms. The number of pyridine rings is 1. The molecule has 0 spiro atoms. The van der Waals surface area contributed by atoms with Crippen molar-refractivity contribution in [3.63, 3.8) is 0 Å². The van der Waals surface area contributed by atoms with Crippen molar-refractivity contribution in [1.29, 1.82) is 0 Å². The Morgan fingerprint density at radius 2 is 2.10 bits per heavy atom. The number of halogens is 1.